The second-order valence-corrected chi connectivity index (χ2v) is 5.63. The van der Waals surface area contributed by atoms with Gasteiger partial charge in [-0.25, -0.2) is 0 Å². The molecule has 2 unspecified atom stereocenters. The Balaban J connectivity index is 1.66. The molecule has 92 valence electrons. The smallest absolute Gasteiger partial charge is 0.123 e. The summed E-state index contributed by atoms with van der Waals surface area (Å²) >= 11 is 0. The van der Waals surface area contributed by atoms with Gasteiger partial charge in [0.15, 0.2) is 0 Å². The van der Waals surface area contributed by atoms with Crippen molar-refractivity contribution >= 4 is 0 Å². The van der Waals surface area contributed by atoms with Gasteiger partial charge in [0.25, 0.3) is 0 Å². The second-order valence-electron chi connectivity index (χ2n) is 5.63. The van der Waals surface area contributed by atoms with Crippen LogP contribution in [-0.4, -0.2) is 19.2 Å². The summed E-state index contributed by atoms with van der Waals surface area (Å²) in [5, 5.41) is 3.41. The van der Waals surface area contributed by atoms with Crippen molar-refractivity contribution in [2.75, 3.05) is 7.05 Å². The Hall–Kier alpha value is -1.02. The van der Waals surface area contributed by atoms with Crippen LogP contribution in [0.1, 0.15) is 31.7 Å². The number of nitrogens with one attached hydrogen (secondary N) is 1. The minimum absolute atomic E-state index is 0.394. The molecule has 1 saturated carbocycles. The van der Waals surface area contributed by atoms with Gasteiger partial charge in [0.2, 0.25) is 0 Å². The molecule has 1 fully saturated rings. The number of ether oxygens (including phenoxy) is 1. The van der Waals surface area contributed by atoms with Gasteiger partial charge in [-0.3, -0.25) is 0 Å². The van der Waals surface area contributed by atoms with Crippen molar-refractivity contribution in [2.24, 2.45) is 5.41 Å². The van der Waals surface area contributed by atoms with Crippen LogP contribution >= 0.6 is 0 Å². The lowest BCUT2D eigenvalue weighted by atomic mass is 9.89. The van der Waals surface area contributed by atoms with Crippen molar-refractivity contribution in [3.8, 4) is 5.75 Å². The first kappa shape index (κ1) is 11.1. The van der Waals surface area contributed by atoms with Crippen molar-refractivity contribution in [1.29, 1.82) is 0 Å². The topological polar surface area (TPSA) is 21.3 Å². The number of hydrogen-bond donors (Lipinski definition) is 1. The lowest BCUT2D eigenvalue weighted by molar-refractivity contribution is 0.170. The SMILES string of the molecule is CNC(C)C1(CC2Cc3ccccc3O2)CC1. The highest BCUT2D eigenvalue weighted by Gasteiger charge is 2.49. The summed E-state index contributed by atoms with van der Waals surface area (Å²) in [7, 11) is 2.06. The standard InChI is InChI=1S/C15H21NO/c1-11(16-2)15(7-8-15)10-13-9-12-5-3-4-6-14(12)17-13/h3-6,11,13,16H,7-10H2,1-2H3. The quantitative estimate of drug-likeness (QED) is 0.860. The van der Waals surface area contributed by atoms with Crippen molar-refractivity contribution in [3.05, 3.63) is 29.8 Å². The fourth-order valence-electron chi connectivity index (χ4n) is 3.10. The normalized spacial score (nSPS) is 26.1. The molecule has 17 heavy (non-hydrogen) atoms. The zero-order valence-electron chi connectivity index (χ0n) is 10.7. The molecule has 0 bridgehead atoms. The van der Waals surface area contributed by atoms with Gasteiger partial charge in [0.1, 0.15) is 11.9 Å². The molecule has 1 heterocycles. The van der Waals surface area contributed by atoms with Gasteiger partial charge in [0.05, 0.1) is 0 Å². The van der Waals surface area contributed by atoms with E-state index in [1.165, 1.54) is 24.8 Å². The molecule has 2 heteroatoms. The van der Waals surface area contributed by atoms with Gasteiger partial charge >= 0.3 is 0 Å². The minimum Gasteiger partial charge on any atom is -0.490 e. The van der Waals surface area contributed by atoms with Crippen molar-refractivity contribution in [2.45, 2.75) is 44.8 Å². The van der Waals surface area contributed by atoms with E-state index in [0.717, 1.165) is 12.2 Å². The highest BCUT2D eigenvalue weighted by molar-refractivity contribution is 5.37. The maximum atomic E-state index is 6.05. The van der Waals surface area contributed by atoms with Crippen LogP contribution < -0.4 is 10.1 Å². The molecule has 1 aromatic rings. The first-order valence-corrected chi connectivity index (χ1v) is 6.65. The predicted molar refractivity (Wildman–Crippen MR) is 69.4 cm³/mol. The van der Waals surface area contributed by atoms with E-state index < -0.39 is 0 Å². The van der Waals surface area contributed by atoms with E-state index in [4.69, 9.17) is 4.74 Å². The summed E-state index contributed by atoms with van der Waals surface area (Å²) in [4.78, 5) is 0. The Bertz CT molecular complexity index is 386. The van der Waals surface area contributed by atoms with Crippen LogP contribution in [0.25, 0.3) is 0 Å². The van der Waals surface area contributed by atoms with Crippen LogP contribution in [0.2, 0.25) is 0 Å². The van der Waals surface area contributed by atoms with E-state index in [0.29, 0.717) is 17.6 Å². The largest absolute Gasteiger partial charge is 0.490 e. The summed E-state index contributed by atoms with van der Waals surface area (Å²) in [6.45, 7) is 2.30. The van der Waals surface area contributed by atoms with Crippen LogP contribution in [0.5, 0.6) is 5.75 Å². The lowest BCUT2D eigenvalue weighted by Gasteiger charge is -2.25. The summed E-state index contributed by atoms with van der Waals surface area (Å²) < 4.78 is 6.05. The molecular formula is C15H21NO. The Morgan fingerprint density at radius 1 is 1.41 bits per heavy atom. The van der Waals surface area contributed by atoms with Gasteiger partial charge in [-0.1, -0.05) is 18.2 Å². The second kappa shape index (κ2) is 4.02. The van der Waals surface area contributed by atoms with Crippen molar-refractivity contribution in [3.63, 3.8) is 0 Å². The van der Waals surface area contributed by atoms with Gasteiger partial charge in [-0.15, -0.1) is 0 Å². The maximum Gasteiger partial charge on any atom is 0.123 e. The van der Waals surface area contributed by atoms with Crippen LogP contribution in [-0.2, 0) is 6.42 Å². The lowest BCUT2D eigenvalue weighted by Crippen LogP contribution is -2.35. The third kappa shape index (κ3) is 1.95. The molecule has 1 aliphatic heterocycles. The minimum atomic E-state index is 0.394. The number of rotatable bonds is 4. The molecule has 1 aromatic carbocycles. The van der Waals surface area contributed by atoms with Gasteiger partial charge in [-0.2, -0.15) is 0 Å². The molecule has 0 spiro atoms. The molecular weight excluding hydrogens is 210 g/mol. The average molecular weight is 231 g/mol. The Morgan fingerprint density at radius 2 is 2.18 bits per heavy atom. The van der Waals surface area contributed by atoms with E-state index in [1.807, 2.05) is 0 Å². The van der Waals surface area contributed by atoms with E-state index in [1.54, 1.807) is 0 Å². The molecule has 3 rings (SSSR count). The number of fused-ring (bicyclic) bond motifs is 1. The number of benzene rings is 1. The Labute approximate surface area is 103 Å². The fourth-order valence-corrected chi connectivity index (χ4v) is 3.10. The van der Waals surface area contributed by atoms with Crippen molar-refractivity contribution in [1.82, 2.24) is 5.32 Å². The molecule has 0 amide bonds. The predicted octanol–water partition coefficient (Wildman–Crippen LogP) is 2.77. The average Bonchev–Trinajstić information content (AvgIpc) is 3.00. The number of para-hydroxylation sites is 1. The van der Waals surface area contributed by atoms with Crippen LogP contribution in [0.3, 0.4) is 0 Å². The van der Waals surface area contributed by atoms with Crippen molar-refractivity contribution < 1.29 is 4.74 Å². The molecule has 1 N–H and O–H groups in total. The Kier molecular flexibility index (Phi) is 2.62. The summed E-state index contributed by atoms with van der Waals surface area (Å²) in [6, 6.07) is 9.06. The zero-order chi connectivity index (χ0) is 11.9. The number of hydrogen-bond acceptors (Lipinski definition) is 2. The van der Waals surface area contributed by atoms with Gasteiger partial charge in [0, 0.05) is 12.5 Å². The maximum absolute atomic E-state index is 6.05. The van der Waals surface area contributed by atoms with E-state index in [9.17, 15) is 0 Å². The molecule has 2 atom stereocenters. The fraction of sp³-hybridized carbons (Fsp3) is 0.600. The van der Waals surface area contributed by atoms with E-state index >= 15 is 0 Å². The monoisotopic (exact) mass is 231 g/mol. The highest BCUT2D eigenvalue weighted by atomic mass is 16.5. The van der Waals surface area contributed by atoms with E-state index in [-0.39, 0.29) is 0 Å². The molecule has 0 aromatic heterocycles. The molecule has 2 aliphatic rings. The Morgan fingerprint density at radius 3 is 2.82 bits per heavy atom. The van der Waals surface area contributed by atoms with Crippen LogP contribution in [0, 0.1) is 5.41 Å². The molecule has 0 radical (unpaired) electrons. The summed E-state index contributed by atoms with van der Waals surface area (Å²) in [5.74, 6) is 1.10. The van der Waals surface area contributed by atoms with Crippen LogP contribution in [0.15, 0.2) is 24.3 Å². The molecule has 1 aliphatic carbocycles. The molecule has 2 nitrogen and oxygen atoms in total. The van der Waals surface area contributed by atoms with E-state index in [2.05, 4.69) is 43.6 Å². The first-order valence-electron chi connectivity index (χ1n) is 6.65. The third-order valence-electron chi connectivity index (χ3n) is 4.59. The summed E-state index contributed by atoms with van der Waals surface area (Å²) in [6.07, 6.45) is 5.39. The summed E-state index contributed by atoms with van der Waals surface area (Å²) in [5.41, 5.74) is 1.88. The highest BCUT2D eigenvalue weighted by Crippen LogP contribution is 2.53. The van der Waals surface area contributed by atoms with Gasteiger partial charge < -0.3 is 10.1 Å². The van der Waals surface area contributed by atoms with Crippen LogP contribution in [0.4, 0.5) is 0 Å². The molecule has 0 saturated heterocycles. The third-order valence-corrected chi connectivity index (χ3v) is 4.59. The van der Waals surface area contributed by atoms with Gasteiger partial charge in [-0.05, 0) is 50.3 Å². The first-order chi connectivity index (χ1) is 8.23. The zero-order valence-corrected chi connectivity index (χ0v) is 10.7.